The van der Waals surface area contributed by atoms with E-state index in [0.29, 0.717) is 11.7 Å². The fraction of sp³-hybridized carbons (Fsp3) is 0.476. The largest absolute Gasteiger partial charge is 0.417 e. The first-order valence-corrected chi connectivity index (χ1v) is 9.38. The summed E-state index contributed by atoms with van der Waals surface area (Å²) in [6.07, 6.45) is 7.65. The number of fused-ring (bicyclic) bond motifs is 1. The van der Waals surface area contributed by atoms with Gasteiger partial charge in [0.05, 0.1) is 6.17 Å². The molecule has 26 heavy (non-hydrogen) atoms. The number of rotatable bonds is 3. The van der Waals surface area contributed by atoms with Gasteiger partial charge in [-0.2, -0.15) is 0 Å². The maximum Gasteiger partial charge on any atom is 0.417 e. The summed E-state index contributed by atoms with van der Waals surface area (Å²) in [4.78, 5) is 12.3. The molecule has 1 amide bonds. The lowest BCUT2D eigenvalue weighted by atomic mass is 9.83. The Morgan fingerprint density at radius 2 is 2.04 bits per heavy atom. The molecule has 0 aliphatic carbocycles. The maximum atomic E-state index is 12.3. The van der Waals surface area contributed by atoms with Gasteiger partial charge in [0, 0.05) is 17.6 Å². The van der Waals surface area contributed by atoms with Crippen LogP contribution in [0.15, 0.2) is 48.3 Å². The molecule has 2 aliphatic rings. The normalized spacial score (nSPS) is 28.9. The molecule has 2 aliphatic heterocycles. The van der Waals surface area contributed by atoms with E-state index in [2.05, 4.69) is 36.7 Å². The van der Waals surface area contributed by atoms with Crippen molar-refractivity contribution >= 4 is 11.8 Å². The highest BCUT2D eigenvalue weighted by Gasteiger charge is 2.37. The second kappa shape index (κ2) is 8.06. The summed E-state index contributed by atoms with van der Waals surface area (Å²) in [6.45, 7) is 8.31. The lowest BCUT2D eigenvalue weighted by Crippen LogP contribution is -2.46. The fourth-order valence-electron chi connectivity index (χ4n) is 3.47. The van der Waals surface area contributed by atoms with Gasteiger partial charge in [-0.3, -0.25) is 10.6 Å². The van der Waals surface area contributed by atoms with E-state index < -0.39 is 6.09 Å². The number of allylic oxidation sites excluding steroid dienone is 2. The summed E-state index contributed by atoms with van der Waals surface area (Å²) >= 11 is 0. The van der Waals surface area contributed by atoms with Crippen LogP contribution in [-0.4, -0.2) is 25.3 Å². The second-order valence-corrected chi connectivity index (χ2v) is 7.70. The molecule has 0 spiro atoms. The fourth-order valence-corrected chi connectivity index (χ4v) is 3.47. The molecule has 3 rings (SSSR count). The Morgan fingerprint density at radius 3 is 2.77 bits per heavy atom. The minimum Gasteiger partial charge on any atom is -0.410 e. The smallest absolute Gasteiger partial charge is 0.410 e. The first-order valence-electron chi connectivity index (χ1n) is 9.38. The molecule has 2 heterocycles. The summed E-state index contributed by atoms with van der Waals surface area (Å²) in [6, 6.07) is 7.87. The third kappa shape index (κ3) is 4.54. The number of nitrogens with one attached hydrogen (secondary N) is 3. The number of amides is 1. The standard InChI is InChI=1S/C21H29N3O2/c1-15(2)16-6-8-17(9-7-16)24-20(25)26-18-5-4-13-22-19-21(3,11-10-18)12-14-23-19/h4-10,15,19,22-23H,11-14H2,1-3H3,(H,24,25)/b5-4-,18-10+/t19?,21-/m1/s1. The van der Waals surface area contributed by atoms with Gasteiger partial charge in [0.2, 0.25) is 0 Å². The Morgan fingerprint density at radius 1 is 1.27 bits per heavy atom. The summed E-state index contributed by atoms with van der Waals surface area (Å²) in [5.74, 6) is 1.06. The number of benzene rings is 1. The lowest BCUT2D eigenvalue weighted by Gasteiger charge is -2.30. The van der Waals surface area contributed by atoms with Gasteiger partial charge in [-0.05, 0) is 55.2 Å². The van der Waals surface area contributed by atoms with E-state index in [1.165, 1.54) is 5.56 Å². The zero-order chi connectivity index (χ0) is 18.6. The molecule has 5 heteroatoms. The molecule has 2 atom stereocenters. The first kappa shape index (κ1) is 18.7. The summed E-state index contributed by atoms with van der Waals surface area (Å²) in [5, 5.41) is 9.80. The van der Waals surface area contributed by atoms with Crippen LogP contribution in [0.1, 0.15) is 45.1 Å². The highest BCUT2D eigenvalue weighted by atomic mass is 16.6. The Bertz CT molecular complexity index is 694. The number of hydrogen-bond donors (Lipinski definition) is 3. The third-order valence-corrected chi connectivity index (χ3v) is 5.27. The first-order chi connectivity index (χ1) is 12.5. The van der Waals surface area contributed by atoms with Gasteiger partial charge in [0.1, 0.15) is 5.76 Å². The van der Waals surface area contributed by atoms with E-state index in [4.69, 9.17) is 4.74 Å². The van der Waals surface area contributed by atoms with Crippen molar-refractivity contribution < 1.29 is 9.53 Å². The Balaban J connectivity index is 1.62. The molecule has 0 aromatic heterocycles. The molecule has 1 aromatic carbocycles. The number of carbonyl (C=O) groups is 1. The molecule has 1 fully saturated rings. The van der Waals surface area contributed by atoms with Crippen molar-refractivity contribution in [1.29, 1.82) is 0 Å². The Kier molecular flexibility index (Phi) is 5.79. The van der Waals surface area contributed by atoms with Gasteiger partial charge >= 0.3 is 6.09 Å². The van der Waals surface area contributed by atoms with E-state index in [1.807, 2.05) is 42.5 Å². The van der Waals surface area contributed by atoms with Crippen molar-refractivity contribution in [2.75, 3.05) is 18.4 Å². The van der Waals surface area contributed by atoms with Crippen LogP contribution in [0.5, 0.6) is 0 Å². The predicted octanol–water partition coefficient (Wildman–Crippen LogP) is 4.12. The predicted molar refractivity (Wildman–Crippen MR) is 105 cm³/mol. The summed E-state index contributed by atoms with van der Waals surface area (Å²) < 4.78 is 5.53. The summed E-state index contributed by atoms with van der Waals surface area (Å²) in [7, 11) is 0. The van der Waals surface area contributed by atoms with Crippen LogP contribution in [0.25, 0.3) is 0 Å². The van der Waals surface area contributed by atoms with Crippen LogP contribution in [0.3, 0.4) is 0 Å². The van der Waals surface area contributed by atoms with Crippen molar-refractivity contribution in [3.8, 4) is 0 Å². The number of anilines is 1. The van der Waals surface area contributed by atoms with Gasteiger partial charge in [-0.1, -0.05) is 39.0 Å². The molecule has 0 bridgehead atoms. The molecular formula is C21H29N3O2. The molecule has 3 N–H and O–H groups in total. The lowest BCUT2D eigenvalue weighted by molar-refractivity contribution is 0.193. The monoisotopic (exact) mass is 355 g/mol. The average molecular weight is 355 g/mol. The van der Waals surface area contributed by atoms with E-state index in [9.17, 15) is 4.79 Å². The van der Waals surface area contributed by atoms with Gasteiger partial charge < -0.3 is 10.1 Å². The second-order valence-electron chi connectivity index (χ2n) is 7.70. The number of carbonyl (C=O) groups excluding carboxylic acids is 1. The number of ether oxygens (including phenoxy) is 1. The molecule has 1 saturated heterocycles. The van der Waals surface area contributed by atoms with Crippen LogP contribution < -0.4 is 16.0 Å². The molecule has 0 saturated carbocycles. The topological polar surface area (TPSA) is 62.4 Å². The summed E-state index contributed by atoms with van der Waals surface area (Å²) in [5.41, 5.74) is 2.11. The van der Waals surface area contributed by atoms with Crippen molar-refractivity contribution in [2.45, 2.75) is 45.7 Å². The van der Waals surface area contributed by atoms with E-state index >= 15 is 0 Å². The highest BCUT2D eigenvalue weighted by molar-refractivity contribution is 5.85. The molecule has 1 aromatic rings. The zero-order valence-corrected chi connectivity index (χ0v) is 15.8. The molecule has 5 nitrogen and oxygen atoms in total. The van der Waals surface area contributed by atoms with Crippen molar-refractivity contribution in [3.63, 3.8) is 0 Å². The Labute approximate surface area is 155 Å². The van der Waals surface area contributed by atoms with Crippen LogP contribution in [0.4, 0.5) is 10.5 Å². The molecule has 0 radical (unpaired) electrons. The van der Waals surface area contributed by atoms with Crippen LogP contribution in [-0.2, 0) is 4.74 Å². The van der Waals surface area contributed by atoms with E-state index in [1.54, 1.807) is 0 Å². The molecular weight excluding hydrogens is 326 g/mol. The van der Waals surface area contributed by atoms with Gasteiger partial charge in [0.25, 0.3) is 0 Å². The average Bonchev–Trinajstić information content (AvgIpc) is 2.99. The van der Waals surface area contributed by atoms with Crippen LogP contribution >= 0.6 is 0 Å². The SMILES string of the molecule is CC(C)c1ccc(NC(=O)OC2=C/C[C@]3(C)CCNC3NC/C=C\2)cc1. The van der Waals surface area contributed by atoms with Crippen molar-refractivity contribution in [2.24, 2.45) is 5.41 Å². The third-order valence-electron chi connectivity index (χ3n) is 5.27. The minimum atomic E-state index is -0.461. The van der Waals surface area contributed by atoms with Gasteiger partial charge in [-0.15, -0.1) is 0 Å². The van der Waals surface area contributed by atoms with E-state index in [-0.39, 0.29) is 11.6 Å². The number of hydrogen-bond acceptors (Lipinski definition) is 4. The Hall–Kier alpha value is -2.11. The van der Waals surface area contributed by atoms with Crippen molar-refractivity contribution in [1.82, 2.24) is 10.6 Å². The zero-order valence-electron chi connectivity index (χ0n) is 15.8. The van der Waals surface area contributed by atoms with Crippen LogP contribution in [0.2, 0.25) is 0 Å². The van der Waals surface area contributed by atoms with E-state index in [0.717, 1.165) is 31.6 Å². The minimum absolute atomic E-state index is 0.129. The maximum absolute atomic E-state index is 12.3. The van der Waals surface area contributed by atoms with Gasteiger partial charge in [0.15, 0.2) is 0 Å². The van der Waals surface area contributed by atoms with Gasteiger partial charge in [-0.25, -0.2) is 4.79 Å². The van der Waals surface area contributed by atoms with Crippen LogP contribution in [0, 0.1) is 5.41 Å². The quantitative estimate of drug-likeness (QED) is 0.763. The molecule has 1 unspecified atom stereocenters. The highest BCUT2D eigenvalue weighted by Crippen LogP contribution is 2.34. The molecule has 140 valence electrons. The van der Waals surface area contributed by atoms with Crippen molar-refractivity contribution in [3.05, 3.63) is 53.8 Å².